The maximum atomic E-state index is 12.8. The Morgan fingerprint density at radius 1 is 1.29 bits per heavy atom. The number of aliphatic hydroxyl groups excluding tert-OH is 1. The van der Waals surface area contributed by atoms with E-state index < -0.39 is 21.9 Å². The fourth-order valence-corrected chi connectivity index (χ4v) is 5.11. The monoisotopic (exact) mass is 320 g/mol. The van der Waals surface area contributed by atoms with Gasteiger partial charge in [-0.3, -0.25) is 0 Å². The Morgan fingerprint density at radius 3 is 2.48 bits per heavy atom. The quantitative estimate of drug-likeness (QED) is 0.838. The normalized spacial score (nSPS) is 28.9. The van der Waals surface area contributed by atoms with Crippen molar-refractivity contribution in [3.8, 4) is 0 Å². The van der Waals surface area contributed by atoms with Gasteiger partial charge in [0.25, 0.3) is 10.2 Å². The molecule has 1 N–H and O–H groups in total. The Kier molecular flexibility index (Phi) is 5.31. The summed E-state index contributed by atoms with van der Waals surface area (Å²) in [6, 6.07) is 0.0993. The van der Waals surface area contributed by atoms with Crippen LogP contribution < -0.4 is 0 Å². The highest BCUT2D eigenvalue weighted by Crippen LogP contribution is 2.28. The van der Waals surface area contributed by atoms with Gasteiger partial charge in [-0.15, -0.1) is 0 Å². The molecule has 0 aromatic heterocycles. The van der Waals surface area contributed by atoms with Crippen LogP contribution in [-0.4, -0.2) is 66.6 Å². The molecule has 0 amide bonds. The van der Waals surface area contributed by atoms with Gasteiger partial charge in [-0.2, -0.15) is 17.0 Å². The average molecular weight is 320 g/mol. The lowest BCUT2D eigenvalue weighted by Crippen LogP contribution is -2.59. The average Bonchev–Trinajstić information content (AvgIpc) is 2.45. The largest absolute Gasteiger partial charge is 0.394 e. The Hall–Kier alpha value is -0.210. The van der Waals surface area contributed by atoms with Crippen LogP contribution in [0.3, 0.4) is 0 Å². The van der Waals surface area contributed by atoms with Crippen LogP contribution in [0.25, 0.3) is 0 Å². The van der Waals surface area contributed by atoms with Gasteiger partial charge in [0.2, 0.25) is 0 Å². The fourth-order valence-electron chi connectivity index (χ4n) is 3.33. The number of nitrogens with zero attached hydrogens (tertiary/aromatic N) is 2. The highest BCUT2D eigenvalue weighted by atomic mass is 32.2. The third-order valence-corrected chi connectivity index (χ3v) is 6.39. The topological polar surface area (TPSA) is 70.1 Å². The zero-order chi connectivity index (χ0) is 15.7. The van der Waals surface area contributed by atoms with E-state index in [2.05, 4.69) is 0 Å². The molecule has 0 spiro atoms. The zero-order valence-electron chi connectivity index (χ0n) is 13.3. The standard InChI is InChI=1S/C14H28N2O4S/c1-14(2)11-16(9-13(10-17)20-14)21(18,19)15(3)12-7-5-4-6-8-12/h12-13,17H,4-11H2,1-3H3. The van der Waals surface area contributed by atoms with Gasteiger partial charge in [-0.05, 0) is 26.7 Å². The summed E-state index contributed by atoms with van der Waals surface area (Å²) < 4.78 is 34.4. The first kappa shape index (κ1) is 17.1. The number of aliphatic hydroxyl groups is 1. The van der Waals surface area contributed by atoms with E-state index in [1.54, 1.807) is 7.05 Å². The first-order chi connectivity index (χ1) is 9.76. The molecule has 0 aromatic carbocycles. The van der Waals surface area contributed by atoms with Gasteiger partial charge in [0, 0.05) is 26.2 Å². The molecule has 1 aliphatic carbocycles. The third kappa shape index (κ3) is 3.96. The molecule has 1 atom stereocenters. The van der Waals surface area contributed by atoms with Gasteiger partial charge in [-0.25, -0.2) is 0 Å². The van der Waals surface area contributed by atoms with Gasteiger partial charge in [0.15, 0.2) is 0 Å². The second kappa shape index (κ2) is 6.50. The summed E-state index contributed by atoms with van der Waals surface area (Å²) in [5, 5.41) is 9.33. The lowest BCUT2D eigenvalue weighted by Gasteiger charge is -2.43. The molecular weight excluding hydrogens is 292 g/mol. The van der Waals surface area contributed by atoms with Crippen molar-refractivity contribution in [3.05, 3.63) is 0 Å². The Bertz CT molecular complexity index is 446. The summed E-state index contributed by atoms with van der Waals surface area (Å²) in [5.74, 6) is 0. The van der Waals surface area contributed by atoms with E-state index in [0.717, 1.165) is 25.7 Å². The zero-order valence-corrected chi connectivity index (χ0v) is 14.1. The van der Waals surface area contributed by atoms with Crippen molar-refractivity contribution in [2.45, 2.75) is 63.7 Å². The van der Waals surface area contributed by atoms with Gasteiger partial charge in [-0.1, -0.05) is 19.3 Å². The van der Waals surface area contributed by atoms with Crippen LogP contribution >= 0.6 is 0 Å². The summed E-state index contributed by atoms with van der Waals surface area (Å²) in [6.45, 7) is 4.10. The van der Waals surface area contributed by atoms with Gasteiger partial charge in [0.1, 0.15) is 0 Å². The SMILES string of the molecule is CN(C1CCCCC1)S(=O)(=O)N1CC(CO)OC(C)(C)C1. The summed E-state index contributed by atoms with van der Waals surface area (Å²) in [4.78, 5) is 0. The molecule has 2 fully saturated rings. The van der Waals surface area contributed by atoms with Crippen molar-refractivity contribution in [2.75, 3.05) is 26.7 Å². The molecule has 0 aromatic rings. The van der Waals surface area contributed by atoms with E-state index in [1.165, 1.54) is 15.0 Å². The predicted octanol–water partition coefficient (Wildman–Crippen LogP) is 0.967. The number of rotatable bonds is 4. The van der Waals surface area contributed by atoms with Gasteiger partial charge >= 0.3 is 0 Å². The van der Waals surface area contributed by atoms with Crippen molar-refractivity contribution >= 4 is 10.2 Å². The van der Waals surface area contributed by atoms with E-state index >= 15 is 0 Å². The Morgan fingerprint density at radius 2 is 1.90 bits per heavy atom. The number of hydrogen-bond donors (Lipinski definition) is 1. The van der Waals surface area contributed by atoms with Crippen LogP contribution in [0.5, 0.6) is 0 Å². The molecule has 21 heavy (non-hydrogen) atoms. The highest BCUT2D eigenvalue weighted by molar-refractivity contribution is 7.86. The first-order valence-corrected chi connectivity index (χ1v) is 9.18. The van der Waals surface area contributed by atoms with Crippen LogP contribution in [0.4, 0.5) is 0 Å². The van der Waals surface area contributed by atoms with Crippen LogP contribution in [0, 0.1) is 0 Å². The molecule has 1 saturated carbocycles. The Balaban J connectivity index is 2.13. The van der Waals surface area contributed by atoms with Crippen molar-refractivity contribution in [1.82, 2.24) is 8.61 Å². The second-order valence-electron chi connectivity index (χ2n) is 6.79. The van der Waals surface area contributed by atoms with E-state index in [4.69, 9.17) is 4.74 Å². The molecule has 6 nitrogen and oxygen atoms in total. The van der Waals surface area contributed by atoms with Crippen molar-refractivity contribution in [3.63, 3.8) is 0 Å². The molecule has 2 aliphatic rings. The van der Waals surface area contributed by atoms with E-state index in [9.17, 15) is 13.5 Å². The van der Waals surface area contributed by atoms with Crippen LogP contribution in [0.1, 0.15) is 46.0 Å². The van der Waals surface area contributed by atoms with E-state index in [-0.39, 0.29) is 19.2 Å². The minimum atomic E-state index is -3.50. The van der Waals surface area contributed by atoms with Crippen molar-refractivity contribution in [2.24, 2.45) is 0 Å². The minimum Gasteiger partial charge on any atom is -0.394 e. The van der Waals surface area contributed by atoms with Gasteiger partial charge in [0.05, 0.1) is 18.3 Å². The Labute approximate surface area is 128 Å². The van der Waals surface area contributed by atoms with Crippen molar-refractivity contribution < 1.29 is 18.3 Å². The summed E-state index contributed by atoms with van der Waals surface area (Å²) in [6.07, 6.45) is 4.81. The van der Waals surface area contributed by atoms with Crippen LogP contribution in [0.2, 0.25) is 0 Å². The van der Waals surface area contributed by atoms with Crippen LogP contribution in [-0.2, 0) is 14.9 Å². The second-order valence-corrected chi connectivity index (χ2v) is 8.78. The lowest BCUT2D eigenvalue weighted by molar-refractivity contribution is -0.132. The first-order valence-electron chi connectivity index (χ1n) is 7.78. The van der Waals surface area contributed by atoms with Gasteiger partial charge < -0.3 is 9.84 Å². The lowest BCUT2D eigenvalue weighted by atomic mass is 9.96. The third-order valence-electron chi connectivity index (χ3n) is 4.43. The maximum Gasteiger partial charge on any atom is 0.282 e. The number of hydrogen-bond acceptors (Lipinski definition) is 4. The number of morpholine rings is 1. The molecule has 0 radical (unpaired) electrons. The van der Waals surface area contributed by atoms with Crippen LogP contribution in [0.15, 0.2) is 0 Å². The maximum absolute atomic E-state index is 12.8. The summed E-state index contributed by atoms with van der Waals surface area (Å²) >= 11 is 0. The summed E-state index contributed by atoms with van der Waals surface area (Å²) in [7, 11) is -1.82. The van der Waals surface area contributed by atoms with E-state index in [1.807, 2.05) is 13.8 Å². The molecule has 0 bridgehead atoms. The smallest absolute Gasteiger partial charge is 0.282 e. The molecule has 124 valence electrons. The molecule has 1 saturated heterocycles. The fraction of sp³-hybridized carbons (Fsp3) is 1.00. The molecule has 7 heteroatoms. The van der Waals surface area contributed by atoms with E-state index in [0.29, 0.717) is 6.54 Å². The highest BCUT2D eigenvalue weighted by Gasteiger charge is 2.41. The number of ether oxygens (including phenoxy) is 1. The van der Waals surface area contributed by atoms with Crippen molar-refractivity contribution in [1.29, 1.82) is 0 Å². The summed E-state index contributed by atoms with van der Waals surface area (Å²) in [5.41, 5.74) is -0.577. The molecule has 1 aliphatic heterocycles. The minimum absolute atomic E-state index is 0.0993. The predicted molar refractivity (Wildman–Crippen MR) is 81.2 cm³/mol. The molecule has 1 unspecified atom stereocenters. The molecule has 2 rings (SSSR count). The molecule has 1 heterocycles. The molecular formula is C14H28N2O4S.